The van der Waals surface area contributed by atoms with Gasteiger partial charge in [0.15, 0.2) is 0 Å². The molecule has 3 unspecified atom stereocenters. The van der Waals surface area contributed by atoms with Crippen LogP contribution in [0.2, 0.25) is 0 Å². The van der Waals surface area contributed by atoms with Crippen molar-refractivity contribution in [3.63, 3.8) is 0 Å². The summed E-state index contributed by atoms with van der Waals surface area (Å²) in [6, 6.07) is 0.392. The summed E-state index contributed by atoms with van der Waals surface area (Å²) in [5, 5.41) is 9.71. The lowest BCUT2D eigenvalue weighted by Crippen LogP contribution is -2.33. The van der Waals surface area contributed by atoms with E-state index >= 15 is 0 Å². The van der Waals surface area contributed by atoms with Crippen LogP contribution in [0.1, 0.15) is 58.8 Å². The van der Waals surface area contributed by atoms with Gasteiger partial charge in [-0.05, 0) is 40.3 Å². The Balaban J connectivity index is 0. The Morgan fingerprint density at radius 3 is 2.17 bits per heavy atom. The van der Waals surface area contributed by atoms with E-state index in [1.165, 1.54) is 25.7 Å². The largest absolute Gasteiger partial charge is 0.393 e. The zero-order valence-electron chi connectivity index (χ0n) is 12.4. The van der Waals surface area contributed by atoms with E-state index < -0.39 is 0 Å². The molecule has 2 nitrogen and oxygen atoms in total. The quantitative estimate of drug-likeness (QED) is 0.485. The van der Waals surface area contributed by atoms with Crippen LogP contribution in [0.25, 0.3) is 0 Å². The highest BCUT2D eigenvalue weighted by atomic mass is 35.5. The molecule has 0 aliphatic rings. The lowest BCUT2D eigenvalue weighted by Gasteiger charge is -2.27. The second-order valence-corrected chi connectivity index (χ2v) is 6.00. The first-order valence-corrected chi connectivity index (χ1v) is 7.39. The minimum Gasteiger partial charge on any atom is -0.393 e. The lowest BCUT2D eigenvalue weighted by molar-refractivity contribution is 0.133. The highest BCUT2D eigenvalue weighted by Gasteiger charge is 2.18. The zero-order valence-corrected chi connectivity index (χ0v) is 13.9. The zero-order chi connectivity index (χ0) is 13.3. The van der Waals surface area contributed by atoms with E-state index in [1.807, 2.05) is 6.92 Å². The van der Waals surface area contributed by atoms with Crippen LogP contribution in [0, 0.1) is 0 Å². The van der Waals surface area contributed by atoms with Gasteiger partial charge in [-0.25, -0.2) is 0 Å². The Hall–Kier alpha value is 0.500. The number of halogens is 2. The van der Waals surface area contributed by atoms with Crippen LogP contribution in [0.3, 0.4) is 0 Å². The summed E-state index contributed by atoms with van der Waals surface area (Å²) >= 11 is 6.37. The predicted octanol–water partition coefficient (Wildman–Crippen LogP) is 4.08. The fourth-order valence-corrected chi connectivity index (χ4v) is 2.48. The maximum Gasteiger partial charge on any atom is 0.0527 e. The fraction of sp³-hybridized carbons (Fsp3) is 1.00. The predicted molar refractivity (Wildman–Crippen MR) is 84.0 cm³/mol. The fourth-order valence-electron chi connectivity index (χ4n) is 2.12. The van der Waals surface area contributed by atoms with Gasteiger partial charge in [0, 0.05) is 11.4 Å². The number of alkyl halides is 1. The molecule has 0 saturated carbocycles. The molecule has 18 heavy (non-hydrogen) atoms. The summed E-state index contributed by atoms with van der Waals surface area (Å²) in [7, 11) is 4.13. The van der Waals surface area contributed by atoms with E-state index in [-0.39, 0.29) is 23.9 Å². The number of aliphatic hydroxyl groups is 1. The van der Waals surface area contributed by atoms with E-state index in [0.717, 1.165) is 19.3 Å². The van der Waals surface area contributed by atoms with Crippen LogP contribution < -0.4 is 0 Å². The lowest BCUT2D eigenvalue weighted by atomic mass is 10.0. The molecule has 0 aromatic heterocycles. The third kappa shape index (κ3) is 11.6. The molecule has 0 spiro atoms. The third-order valence-electron chi connectivity index (χ3n) is 3.24. The summed E-state index contributed by atoms with van der Waals surface area (Å²) in [4.78, 5) is 2.17. The number of hydrogen-bond acceptors (Lipinski definition) is 2. The Morgan fingerprint density at radius 2 is 1.72 bits per heavy atom. The van der Waals surface area contributed by atoms with Gasteiger partial charge >= 0.3 is 0 Å². The molecule has 112 valence electrons. The van der Waals surface area contributed by atoms with Crippen LogP contribution >= 0.6 is 24.0 Å². The molecule has 0 rings (SSSR count). The van der Waals surface area contributed by atoms with Gasteiger partial charge in [0.25, 0.3) is 0 Å². The van der Waals surface area contributed by atoms with Gasteiger partial charge in [0.05, 0.1) is 6.10 Å². The van der Waals surface area contributed by atoms with Crippen LogP contribution in [0.4, 0.5) is 0 Å². The number of rotatable bonds is 10. The summed E-state index contributed by atoms with van der Waals surface area (Å²) < 4.78 is 0. The monoisotopic (exact) mass is 299 g/mol. The van der Waals surface area contributed by atoms with Crippen molar-refractivity contribution in [1.82, 2.24) is 4.90 Å². The Kier molecular flexibility index (Phi) is 14.5. The maximum atomic E-state index is 9.46. The molecule has 1 N–H and O–H groups in total. The maximum absolute atomic E-state index is 9.46. The van der Waals surface area contributed by atoms with Crippen molar-refractivity contribution in [2.75, 3.05) is 14.1 Å². The average molecular weight is 300 g/mol. The smallest absolute Gasteiger partial charge is 0.0527 e. The molecule has 0 fully saturated rings. The van der Waals surface area contributed by atoms with Crippen molar-refractivity contribution < 1.29 is 5.11 Å². The first-order valence-electron chi connectivity index (χ1n) is 6.95. The van der Waals surface area contributed by atoms with E-state index in [1.54, 1.807) is 0 Å². The number of aliphatic hydroxyl groups excluding tert-OH is 1. The molecule has 0 radical (unpaired) electrons. The van der Waals surface area contributed by atoms with Gasteiger partial charge in [-0.3, -0.25) is 0 Å². The number of hydrogen-bond donors (Lipinski definition) is 1. The summed E-state index contributed by atoms with van der Waals surface area (Å²) in [6.07, 6.45) is 7.76. The van der Waals surface area contributed by atoms with Crippen LogP contribution in [0.15, 0.2) is 0 Å². The van der Waals surface area contributed by atoms with E-state index in [0.29, 0.717) is 6.04 Å². The standard InChI is InChI=1S/C14H30ClNO.ClH/c1-5-6-7-8-9-13(15)11-14(16(3)4)10-12(2)17;/h12-14,17H,5-11H2,1-4H3;1H. The SMILES string of the molecule is CCCCCCC(Cl)CC(CC(C)O)N(C)C.Cl. The van der Waals surface area contributed by atoms with Crippen molar-refractivity contribution >= 4 is 24.0 Å². The summed E-state index contributed by atoms with van der Waals surface area (Å²) in [5.74, 6) is 0. The van der Waals surface area contributed by atoms with E-state index in [2.05, 4.69) is 25.9 Å². The minimum absolute atomic E-state index is 0. The van der Waals surface area contributed by atoms with Gasteiger partial charge in [-0.1, -0.05) is 32.6 Å². The topological polar surface area (TPSA) is 23.5 Å². The van der Waals surface area contributed by atoms with Crippen molar-refractivity contribution in [1.29, 1.82) is 0 Å². The van der Waals surface area contributed by atoms with Gasteiger partial charge in [-0.2, -0.15) is 0 Å². The molecular weight excluding hydrogens is 269 g/mol. The Morgan fingerprint density at radius 1 is 1.11 bits per heavy atom. The molecule has 4 heteroatoms. The van der Waals surface area contributed by atoms with Gasteiger partial charge in [0.2, 0.25) is 0 Å². The first-order chi connectivity index (χ1) is 7.97. The number of unbranched alkanes of at least 4 members (excludes halogenated alkanes) is 3. The van der Waals surface area contributed by atoms with E-state index in [9.17, 15) is 5.11 Å². The second kappa shape index (κ2) is 12.5. The highest BCUT2D eigenvalue weighted by molar-refractivity contribution is 6.20. The van der Waals surface area contributed by atoms with Crippen molar-refractivity contribution in [2.45, 2.75) is 76.3 Å². The van der Waals surface area contributed by atoms with Crippen molar-refractivity contribution in [2.24, 2.45) is 0 Å². The molecular formula is C14H31Cl2NO. The molecule has 3 atom stereocenters. The molecule has 0 bridgehead atoms. The summed E-state index contributed by atoms with van der Waals surface area (Å²) in [5.41, 5.74) is 0. The first kappa shape index (κ1) is 20.8. The third-order valence-corrected chi connectivity index (χ3v) is 3.64. The molecule has 0 aromatic rings. The minimum atomic E-state index is -0.244. The second-order valence-electron chi connectivity index (χ2n) is 5.38. The van der Waals surface area contributed by atoms with E-state index in [4.69, 9.17) is 11.6 Å². The summed E-state index contributed by atoms with van der Waals surface area (Å²) in [6.45, 7) is 4.07. The van der Waals surface area contributed by atoms with Crippen molar-refractivity contribution in [3.8, 4) is 0 Å². The van der Waals surface area contributed by atoms with Gasteiger partial charge in [0.1, 0.15) is 0 Å². The molecule has 0 aromatic carbocycles. The van der Waals surface area contributed by atoms with Gasteiger partial charge in [-0.15, -0.1) is 24.0 Å². The molecule has 0 saturated heterocycles. The van der Waals surface area contributed by atoms with Crippen LogP contribution in [0.5, 0.6) is 0 Å². The highest BCUT2D eigenvalue weighted by Crippen LogP contribution is 2.19. The van der Waals surface area contributed by atoms with Crippen molar-refractivity contribution in [3.05, 3.63) is 0 Å². The van der Waals surface area contributed by atoms with Crippen LogP contribution in [-0.2, 0) is 0 Å². The normalized spacial score (nSPS) is 16.2. The Bertz CT molecular complexity index is 177. The van der Waals surface area contributed by atoms with Gasteiger partial charge < -0.3 is 10.0 Å². The average Bonchev–Trinajstić information content (AvgIpc) is 2.22. The van der Waals surface area contributed by atoms with Crippen LogP contribution in [-0.4, -0.2) is 41.6 Å². The number of nitrogens with zero attached hydrogens (tertiary/aromatic N) is 1. The molecule has 0 heterocycles. The molecule has 0 aliphatic heterocycles. The molecule has 0 aliphatic carbocycles. The Labute approximate surface area is 124 Å². The molecule has 0 amide bonds.